The zero-order valence-electron chi connectivity index (χ0n) is 13.7. The Bertz CT molecular complexity index is 629. The molecule has 1 heterocycles. The molecule has 2 rings (SSSR count). The van der Waals surface area contributed by atoms with Gasteiger partial charge in [-0.1, -0.05) is 0 Å². The van der Waals surface area contributed by atoms with Crippen LogP contribution in [0.15, 0.2) is 18.2 Å². The number of carboxylic acids is 1. The van der Waals surface area contributed by atoms with Gasteiger partial charge in [0, 0.05) is 32.1 Å². The monoisotopic (exact) mass is 334 g/mol. The lowest BCUT2D eigenvalue weighted by atomic mass is 10.0. The molecule has 0 radical (unpaired) electrons. The molecule has 0 aliphatic carbocycles. The first kappa shape index (κ1) is 17.8. The molecule has 24 heavy (non-hydrogen) atoms. The van der Waals surface area contributed by atoms with E-state index in [-0.39, 0.29) is 24.8 Å². The van der Waals surface area contributed by atoms with Gasteiger partial charge in [-0.3, -0.25) is 14.4 Å². The highest BCUT2D eigenvalue weighted by molar-refractivity contribution is 5.94. The lowest BCUT2D eigenvalue weighted by molar-refractivity contribution is -0.138. The number of fused-ring (bicyclic) bond motifs is 1. The van der Waals surface area contributed by atoms with E-state index in [0.29, 0.717) is 32.3 Å². The summed E-state index contributed by atoms with van der Waals surface area (Å²) in [6.45, 7) is 0.620. The van der Waals surface area contributed by atoms with Crippen molar-refractivity contribution in [2.45, 2.75) is 32.1 Å². The third kappa shape index (κ3) is 5.26. The van der Waals surface area contributed by atoms with Crippen LogP contribution < -0.4 is 10.1 Å². The lowest BCUT2D eigenvalue weighted by Gasteiger charge is -2.18. The topological polar surface area (TPSA) is 95.9 Å². The van der Waals surface area contributed by atoms with E-state index in [2.05, 4.69) is 5.32 Å². The Morgan fingerprint density at radius 1 is 1.29 bits per heavy atom. The molecular formula is C17H22N2O5. The number of hydrogen-bond donors (Lipinski definition) is 2. The fourth-order valence-corrected chi connectivity index (χ4v) is 2.44. The van der Waals surface area contributed by atoms with Crippen molar-refractivity contribution in [3.8, 4) is 5.75 Å². The van der Waals surface area contributed by atoms with Crippen LogP contribution in [0.4, 0.5) is 5.69 Å². The number of hydrogen-bond acceptors (Lipinski definition) is 4. The second-order valence-electron chi connectivity index (χ2n) is 5.78. The summed E-state index contributed by atoms with van der Waals surface area (Å²) < 4.78 is 5.65. The van der Waals surface area contributed by atoms with E-state index >= 15 is 0 Å². The van der Waals surface area contributed by atoms with Gasteiger partial charge in [-0.25, -0.2) is 0 Å². The zero-order valence-corrected chi connectivity index (χ0v) is 13.7. The van der Waals surface area contributed by atoms with Gasteiger partial charge in [0.25, 0.3) is 0 Å². The van der Waals surface area contributed by atoms with Crippen molar-refractivity contribution >= 4 is 23.5 Å². The molecular weight excluding hydrogens is 312 g/mol. The van der Waals surface area contributed by atoms with Crippen LogP contribution in [0.1, 0.15) is 31.2 Å². The van der Waals surface area contributed by atoms with Crippen molar-refractivity contribution < 1.29 is 24.2 Å². The molecule has 0 unspecified atom stereocenters. The molecule has 130 valence electrons. The Balaban J connectivity index is 1.71. The first-order chi connectivity index (χ1) is 11.5. The molecule has 1 aliphatic rings. The first-order valence-electron chi connectivity index (χ1n) is 7.97. The Kier molecular flexibility index (Phi) is 6.17. The summed E-state index contributed by atoms with van der Waals surface area (Å²) in [5.41, 5.74) is 1.88. The minimum Gasteiger partial charge on any atom is -0.494 e. The predicted octanol–water partition coefficient (Wildman–Crippen LogP) is 1.66. The molecule has 2 amide bonds. The van der Waals surface area contributed by atoms with Gasteiger partial charge in [0.2, 0.25) is 11.8 Å². The molecule has 7 heteroatoms. The highest BCUT2D eigenvalue weighted by Gasteiger charge is 2.15. The summed E-state index contributed by atoms with van der Waals surface area (Å²) in [7, 11) is 1.60. The average Bonchev–Trinajstić information content (AvgIpc) is 2.56. The van der Waals surface area contributed by atoms with Gasteiger partial charge in [0.15, 0.2) is 0 Å². The molecule has 1 aromatic carbocycles. The van der Waals surface area contributed by atoms with E-state index in [1.807, 2.05) is 12.1 Å². The van der Waals surface area contributed by atoms with Gasteiger partial charge < -0.3 is 20.1 Å². The van der Waals surface area contributed by atoms with Crippen LogP contribution >= 0.6 is 0 Å². The van der Waals surface area contributed by atoms with Gasteiger partial charge in [-0.05, 0) is 36.6 Å². The van der Waals surface area contributed by atoms with E-state index in [1.165, 1.54) is 4.90 Å². The minimum atomic E-state index is -0.915. The molecule has 2 N–H and O–H groups in total. The highest BCUT2D eigenvalue weighted by Crippen LogP contribution is 2.26. The largest absolute Gasteiger partial charge is 0.494 e. The number of nitrogens with zero attached hydrogens (tertiary/aromatic N) is 1. The van der Waals surface area contributed by atoms with E-state index < -0.39 is 5.97 Å². The maximum atomic E-state index is 11.8. The normalized spacial score (nSPS) is 13.0. The minimum absolute atomic E-state index is 0.0294. The van der Waals surface area contributed by atoms with E-state index in [4.69, 9.17) is 9.84 Å². The van der Waals surface area contributed by atoms with Crippen LogP contribution in [0.3, 0.4) is 0 Å². The molecule has 0 saturated carbocycles. The SMILES string of the molecule is CN(CCC(=O)O)C(=O)CCCOc1ccc2c(c1)CCC(=O)N2. The van der Waals surface area contributed by atoms with E-state index in [9.17, 15) is 14.4 Å². The van der Waals surface area contributed by atoms with Crippen LogP contribution in [-0.4, -0.2) is 48.0 Å². The number of anilines is 1. The Hall–Kier alpha value is -2.57. The average molecular weight is 334 g/mol. The van der Waals surface area contributed by atoms with Crippen LogP contribution in [0, 0.1) is 0 Å². The molecule has 0 bridgehead atoms. The van der Waals surface area contributed by atoms with E-state index in [1.54, 1.807) is 13.1 Å². The van der Waals surface area contributed by atoms with Crippen LogP contribution in [0.2, 0.25) is 0 Å². The molecule has 0 aromatic heterocycles. The number of carbonyl (C=O) groups is 3. The van der Waals surface area contributed by atoms with Crippen molar-refractivity contribution in [1.82, 2.24) is 4.90 Å². The van der Waals surface area contributed by atoms with Gasteiger partial charge in [-0.2, -0.15) is 0 Å². The maximum Gasteiger partial charge on any atom is 0.305 e. The number of rotatable bonds is 8. The Labute approximate surface area is 140 Å². The number of carboxylic acid groups (broad SMARTS) is 1. The lowest BCUT2D eigenvalue weighted by Crippen LogP contribution is -2.29. The Morgan fingerprint density at radius 2 is 2.08 bits per heavy atom. The third-order valence-electron chi connectivity index (χ3n) is 3.86. The molecule has 0 fully saturated rings. The number of aliphatic carboxylic acids is 1. The van der Waals surface area contributed by atoms with E-state index in [0.717, 1.165) is 17.0 Å². The molecule has 0 saturated heterocycles. The molecule has 1 aliphatic heterocycles. The number of benzene rings is 1. The summed E-state index contributed by atoms with van der Waals surface area (Å²) in [4.78, 5) is 35.0. The number of carbonyl (C=O) groups excluding carboxylic acids is 2. The quantitative estimate of drug-likeness (QED) is 0.705. The van der Waals surface area contributed by atoms with Gasteiger partial charge >= 0.3 is 5.97 Å². The van der Waals surface area contributed by atoms with Crippen molar-refractivity contribution in [1.29, 1.82) is 0 Å². The maximum absolute atomic E-state index is 11.8. The molecule has 1 aromatic rings. The number of nitrogens with one attached hydrogen (secondary N) is 1. The fourth-order valence-electron chi connectivity index (χ4n) is 2.44. The van der Waals surface area contributed by atoms with Crippen molar-refractivity contribution in [2.75, 3.05) is 25.5 Å². The summed E-state index contributed by atoms with van der Waals surface area (Å²) in [6.07, 6.45) is 2.00. The number of amides is 2. The van der Waals surface area contributed by atoms with Crippen LogP contribution in [-0.2, 0) is 20.8 Å². The number of ether oxygens (including phenoxy) is 1. The first-order valence-corrected chi connectivity index (χ1v) is 7.97. The fraction of sp³-hybridized carbons (Fsp3) is 0.471. The van der Waals surface area contributed by atoms with Gasteiger partial charge in [0.05, 0.1) is 13.0 Å². The van der Waals surface area contributed by atoms with Gasteiger partial charge in [-0.15, -0.1) is 0 Å². The molecule has 7 nitrogen and oxygen atoms in total. The standard InChI is InChI=1S/C17H22N2O5/c1-19(9-8-17(22)23)16(21)3-2-10-24-13-5-6-14-12(11-13)4-7-15(20)18-14/h5-6,11H,2-4,7-10H2,1H3,(H,18,20)(H,22,23). The van der Waals surface area contributed by atoms with Crippen LogP contribution in [0.5, 0.6) is 5.75 Å². The second-order valence-corrected chi connectivity index (χ2v) is 5.78. The third-order valence-corrected chi connectivity index (χ3v) is 3.86. The smallest absolute Gasteiger partial charge is 0.305 e. The summed E-state index contributed by atoms with van der Waals surface area (Å²) in [6, 6.07) is 5.54. The summed E-state index contributed by atoms with van der Waals surface area (Å²) in [5.74, 6) is -0.257. The van der Waals surface area contributed by atoms with Crippen LogP contribution in [0.25, 0.3) is 0 Å². The van der Waals surface area contributed by atoms with Gasteiger partial charge in [0.1, 0.15) is 5.75 Å². The highest BCUT2D eigenvalue weighted by atomic mass is 16.5. The number of aryl methyl sites for hydroxylation is 1. The summed E-state index contributed by atoms with van der Waals surface area (Å²) >= 11 is 0. The summed E-state index contributed by atoms with van der Waals surface area (Å²) in [5, 5.41) is 11.4. The second kappa shape index (κ2) is 8.33. The predicted molar refractivity (Wildman–Crippen MR) is 88.0 cm³/mol. The van der Waals surface area contributed by atoms with Crippen molar-refractivity contribution in [3.63, 3.8) is 0 Å². The Morgan fingerprint density at radius 3 is 2.83 bits per heavy atom. The molecule has 0 atom stereocenters. The van der Waals surface area contributed by atoms with Crippen molar-refractivity contribution in [2.24, 2.45) is 0 Å². The molecule has 0 spiro atoms. The zero-order chi connectivity index (χ0) is 17.5. The van der Waals surface area contributed by atoms with Crippen molar-refractivity contribution in [3.05, 3.63) is 23.8 Å².